The number of aromatic nitrogens is 5. The summed E-state index contributed by atoms with van der Waals surface area (Å²) in [6.07, 6.45) is -0.875. The lowest BCUT2D eigenvalue weighted by molar-refractivity contribution is -0.178. The second kappa shape index (κ2) is 9.04. The number of carbonyl (C=O) groups is 1. The van der Waals surface area contributed by atoms with Crippen LogP contribution in [0.1, 0.15) is 38.0 Å². The van der Waals surface area contributed by atoms with Gasteiger partial charge in [-0.15, -0.1) is 10.2 Å². The summed E-state index contributed by atoms with van der Waals surface area (Å²) in [5, 5.41) is 15.5. The summed E-state index contributed by atoms with van der Waals surface area (Å²) in [5.74, 6) is 0.842. The number of urea groups is 1. The molecule has 192 valence electrons. The molecule has 0 unspecified atom stereocenters. The van der Waals surface area contributed by atoms with Crippen molar-refractivity contribution in [3.05, 3.63) is 41.3 Å². The van der Waals surface area contributed by atoms with Crippen LogP contribution < -0.4 is 5.32 Å². The van der Waals surface area contributed by atoms with Gasteiger partial charge in [0.2, 0.25) is 11.8 Å². The zero-order valence-corrected chi connectivity index (χ0v) is 20.2. The Morgan fingerprint density at radius 1 is 1.33 bits per heavy atom. The van der Waals surface area contributed by atoms with Gasteiger partial charge in [0.1, 0.15) is 25.1 Å². The third-order valence-corrected chi connectivity index (χ3v) is 6.72. The maximum absolute atomic E-state index is 13.4. The SMILES string of the molecule is C[C@H]1C[C@H]2C[C@@](c3nnc(COCC(F)(F)F)o3)(C1)N2C(=O)Nc1ccc(Cl)c(-c2ncn(C)n2)c1. The number of nitrogens with one attached hydrogen (secondary N) is 1. The monoisotopic (exact) mass is 525 g/mol. The minimum absolute atomic E-state index is 0.0326. The van der Waals surface area contributed by atoms with Crippen LogP contribution in [0.25, 0.3) is 11.4 Å². The number of amides is 2. The van der Waals surface area contributed by atoms with Crippen molar-refractivity contribution >= 4 is 23.3 Å². The zero-order valence-electron chi connectivity index (χ0n) is 19.4. The molecule has 3 atom stereocenters. The van der Waals surface area contributed by atoms with Crippen LogP contribution in [-0.4, -0.2) is 54.7 Å². The summed E-state index contributed by atoms with van der Waals surface area (Å²) in [4.78, 5) is 19.3. The lowest BCUT2D eigenvalue weighted by Gasteiger charge is -2.61. The number of benzene rings is 1. The maximum atomic E-state index is 13.4. The molecule has 1 aliphatic carbocycles. The van der Waals surface area contributed by atoms with Crippen molar-refractivity contribution in [3.8, 4) is 11.4 Å². The number of hydrogen-bond acceptors (Lipinski definition) is 7. The fraction of sp³-hybridized carbons (Fsp3) is 0.500. The van der Waals surface area contributed by atoms with E-state index in [-0.39, 0.29) is 23.9 Å². The van der Waals surface area contributed by atoms with Gasteiger partial charge in [0.15, 0.2) is 5.82 Å². The number of nitrogens with zero attached hydrogens (tertiary/aromatic N) is 6. The van der Waals surface area contributed by atoms with Crippen LogP contribution in [0.3, 0.4) is 0 Å². The Morgan fingerprint density at radius 3 is 2.86 bits per heavy atom. The Balaban J connectivity index is 1.34. The van der Waals surface area contributed by atoms with Gasteiger partial charge in [-0.05, 0) is 37.0 Å². The number of halogens is 4. The van der Waals surface area contributed by atoms with Crippen molar-refractivity contribution < 1.29 is 27.1 Å². The van der Waals surface area contributed by atoms with E-state index in [1.165, 1.54) is 0 Å². The highest BCUT2D eigenvalue weighted by Crippen LogP contribution is 2.55. The molecule has 0 radical (unpaired) electrons. The Labute approximate surface area is 208 Å². The van der Waals surface area contributed by atoms with Crippen molar-refractivity contribution in [1.82, 2.24) is 29.9 Å². The smallest absolute Gasteiger partial charge is 0.411 e. The predicted octanol–water partition coefficient (Wildman–Crippen LogP) is 4.53. The van der Waals surface area contributed by atoms with E-state index >= 15 is 0 Å². The van der Waals surface area contributed by atoms with Crippen molar-refractivity contribution in [2.75, 3.05) is 11.9 Å². The number of piperidine rings is 1. The lowest BCUT2D eigenvalue weighted by atomic mass is 9.64. The molecule has 36 heavy (non-hydrogen) atoms. The van der Waals surface area contributed by atoms with Gasteiger partial charge in [-0.1, -0.05) is 18.5 Å². The van der Waals surface area contributed by atoms with E-state index in [1.54, 1.807) is 41.2 Å². The predicted molar refractivity (Wildman–Crippen MR) is 121 cm³/mol. The Hall–Kier alpha value is -3.19. The number of rotatable bonds is 6. The van der Waals surface area contributed by atoms with Crippen molar-refractivity contribution in [1.29, 1.82) is 0 Å². The molecule has 4 heterocycles. The summed E-state index contributed by atoms with van der Waals surface area (Å²) in [6.45, 7) is 0.189. The number of alkyl halides is 3. The summed E-state index contributed by atoms with van der Waals surface area (Å²) in [5.41, 5.74) is 0.244. The van der Waals surface area contributed by atoms with Gasteiger partial charge in [-0.2, -0.15) is 18.3 Å². The van der Waals surface area contributed by atoms with E-state index in [0.29, 0.717) is 40.9 Å². The van der Waals surface area contributed by atoms with Gasteiger partial charge >= 0.3 is 12.2 Å². The fourth-order valence-electron chi connectivity index (χ4n) is 5.12. The summed E-state index contributed by atoms with van der Waals surface area (Å²) in [6, 6.07) is 4.65. The summed E-state index contributed by atoms with van der Waals surface area (Å²) in [7, 11) is 1.74. The van der Waals surface area contributed by atoms with E-state index in [9.17, 15) is 18.0 Å². The van der Waals surface area contributed by atoms with Crippen LogP contribution in [0.15, 0.2) is 28.9 Å². The second-order valence-corrected chi connectivity index (χ2v) is 9.69. The lowest BCUT2D eigenvalue weighted by Crippen LogP contribution is -2.70. The third-order valence-electron chi connectivity index (χ3n) is 6.39. The largest absolute Gasteiger partial charge is 0.420 e. The molecule has 1 saturated carbocycles. The van der Waals surface area contributed by atoms with E-state index in [4.69, 9.17) is 16.0 Å². The van der Waals surface area contributed by atoms with Gasteiger partial charge in [-0.25, -0.2) is 9.78 Å². The molecule has 2 saturated heterocycles. The first kappa shape index (κ1) is 24.5. The van der Waals surface area contributed by atoms with Gasteiger partial charge in [-0.3, -0.25) is 4.68 Å². The van der Waals surface area contributed by atoms with Gasteiger partial charge < -0.3 is 19.4 Å². The Morgan fingerprint density at radius 2 is 2.14 bits per heavy atom. The van der Waals surface area contributed by atoms with E-state index in [0.717, 1.165) is 6.42 Å². The van der Waals surface area contributed by atoms with Gasteiger partial charge in [0.05, 0.1) is 5.02 Å². The zero-order chi connectivity index (χ0) is 25.7. The van der Waals surface area contributed by atoms with Crippen LogP contribution >= 0.6 is 11.6 Å². The molecular weight excluding hydrogens is 503 g/mol. The van der Waals surface area contributed by atoms with Crippen LogP contribution in [0.5, 0.6) is 0 Å². The average Bonchev–Trinajstić information content (AvgIpc) is 3.43. The Kier molecular flexibility index (Phi) is 6.15. The standard InChI is InChI=1S/C22H23ClF3N7O3/c1-12-5-14-8-21(7-12,19-30-29-17(36-19)9-35-10-22(24,25)26)33(14)20(34)28-13-3-4-16(23)15(6-13)18-27-11-32(2)31-18/h3-4,6,11-12,14H,5,7-10H2,1-2H3,(H,28,34)/t12-,14-,21+/m0/s1. The molecule has 3 aromatic rings. The first-order valence-corrected chi connectivity index (χ1v) is 11.6. The highest BCUT2D eigenvalue weighted by Gasteiger charge is 2.62. The molecule has 6 rings (SSSR count). The van der Waals surface area contributed by atoms with Crippen LogP contribution in [-0.2, 0) is 23.9 Å². The third kappa shape index (κ3) is 4.64. The van der Waals surface area contributed by atoms with Crippen LogP contribution in [0, 0.1) is 5.92 Å². The molecule has 14 heteroatoms. The number of aryl methyl sites for hydroxylation is 1. The van der Waals surface area contributed by atoms with E-state index in [2.05, 4.69) is 37.3 Å². The van der Waals surface area contributed by atoms with Crippen LogP contribution in [0.4, 0.5) is 23.7 Å². The highest BCUT2D eigenvalue weighted by atomic mass is 35.5. The van der Waals surface area contributed by atoms with Crippen LogP contribution in [0.2, 0.25) is 5.02 Å². The van der Waals surface area contributed by atoms with Crippen molar-refractivity contribution in [2.45, 2.75) is 50.6 Å². The quantitative estimate of drug-likeness (QED) is 0.503. The van der Waals surface area contributed by atoms with Gasteiger partial charge in [0, 0.05) is 30.8 Å². The molecule has 1 aromatic carbocycles. The van der Waals surface area contributed by atoms with E-state index in [1.807, 2.05) is 0 Å². The minimum atomic E-state index is -4.45. The molecule has 0 spiro atoms. The molecule has 2 aliphatic heterocycles. The number of anilines is 1. The molecule has 2 amide bonds. The normalized spacial score (nSPS) is 23.4. The second-order valence-electron chi connectivity index (χ2n) is 9.28. The first-order valence-electron chi connectivity index (χ1n) is 11.3. The molecule has 2 bridgehead atoms. The topological polar surface area (TPSA) is 111 Å². The summed E-state index contributed by atoms with van der Waals surface area (Å²) >= 11 is 6.32. The minimum Gasteiger partial charge on any atom is -0.420 e. The number of ether oxygens (including phenoxy) is 1. The maximum Gasteiger partial charge on any atom is 0.411 e. The average molecular weight is 526 g/mol. The molecule has 2 aromatic heterocycles. The number of fused-ring (bicyclic) bond motifs is 2. The van der Waals surface area contributed by atoms with E-state index < -0.39 is 24.9 Å². The number of hydrogen-bond donors (Lipinski definition) is 1. The molecule has 3 aliphatic rings. The van der Waals surface area contributed by atoms with Gasteiger partial charge in [0.25, 0.3) is 0 Å². The molecule has 1 N–H and O–H groups in total. The Bertz CT molecular complexity index is 1280. The molecule has 3 fully saturated rings. The fourth-order valence-corrected chi connectivity index (χ4v) is 5.33. The summed E-state index contributed by atoms with van der Waals surface area (Å²) < 4.78 is 49.0. The van der Waals surface area contributed by atoms with Crippen molar-refractivity contribution in [2.24, 2.45) is 13.0 Å². The highest BCUT2D eigenvalue weighted by molar-refractivity contribution is 6.33. The molecular formula is C22H23ClF3N7O3. The van der Waals surface area contributed by atoms with Crippen molar-refractivity contribution in [3.63, 3.8) is 0 Å². The number of carbonyl (C=O) groups excluding carboxylic acids is 1. The molecule has 10 nitrogen and oxygen atoms in total. The first-order chi connectivity index (χ1) is 17.0.